The predicted octanol–water partition coefficient (Wildman–Crippen LogP) is 5.19. The Morgan fingerprint density at radius 3 is 2.45 bits per heavy atom. The molecule has 3 rings (SSSR count). The Balaban J connectivity index is 2.22. The largest absolute Gasteiger partial charge is 0.396 e. The van der Waals surface area contributed by atoms with Gasteiger partial charge in [0.15, 0.2) is 0 Å². The number of nitrogens with zero attached hydrogens (tertiary/aromatic N) is 1. The maximum absolute atomic E-state index is 6.07. The molecule has 0 bridgehead atoms. The number of imidazole rings is 1. The second-order valence-corrected chi connectivity index (χ2v) is 6.29. The minimum atomic E-state index is 0.382. The zero-order chi connectivity index (χ0) is 14.4. The lowest BCUT2D eigenvalue weighted by molar-refractivity contribution is 1.33. The second kappa shape index (κ2) is 4.95. The van der Waals surface area contributed by atoms with E-state index in [9.17, 15) is 0 Å². The van der Waals surface area contributed by atoms with Crippen LogP contribution < -0.4 is 5.73 Å². The molecule has 0 amide bonds. The number of hydrogen-bond donors (Lipinski definition) is 2. The number of nitrogens with two attached hydrogens (primary N) is 1. The van der Waals surface area contributed by atoms with E-state index in [-0.39, 0.29) is 0 Å². The number of H-pyrrole nitrogens is 1. The van der Waals surface area contributed by atoms with Crippen molar-refractivity contribution < 1.29 is 0 Å². The molecule has 3 aromatic rings. The molecule has 3 nitrogen and oxygen atoms in total. The molecular formula is C14H10BrCl2N3. The van der Waals surface area contributed by atoms with E-state index in [0.717, 1.165) is 26.6 Å². The summed E-state index contributed by atoms with van der Waals surface area (Å²) in [5.74, 6) is 0.713. The van der Waals surface area contributed by atoms with E-state index in [2.05, 4.69) is 25.9 Å². The first-order valence-corrected chi connectivity index (χ1v) is 7.41. The van der Waals surface area contributed by atoms with Gasteiger partial charge in [-0.1, -0.05) is 39.1 Å². The van der Waals surface area contributed by atoms with Crippen molar-refractivity contribution in [1.82, 2.24) is 9.97 Å². The first kappa shape index (κ1) is 13.7. The van der Waals surface area contributed by atoms with Crippen LogP contribution in [0.3, 0.4) is 0 Å². The number of benzene rings is 2. The Hall–Kier alpha value is -1.23. The van der Waals surface area contributed by atoms with Crippen LogP contribution in [-0.4, -0.2) is 9.97 Å². The lowest BCUT2D eigenvalue weighted by Gasteiger charge is -2.03. The fourth-order valence-electron chi connectivity index (χ4n) is 2.10. The molecule has 0 saturated heterocycles. The minimum absolute atomic E-state index is 0.382. The van der Waals surface area contributed by atoms with Crippen molar-refractivity contribution in [2.24, 2.45) is 0 Å². The first-order valence-electron chi connectivity index (χ1n) is 5.86. The number of aryl methyl sites for hydroxylation is 1. The Bertz CT molecular complexity index is 804. The van der Waals surface area contributed by atoms with Gasteiger partial charge in [0.05, 0.1) is 26.8 Å². The molecule has 6 heteroatoms. The molecule has 0 spiro atoms. The average Bonchev–Trinajstić information content (AvgIpc) is 2.79. The van der Waals surface area contributed by atoms with Gasteiger partial charge in [0, 0.05) is 10.0 Å². The predicted molar refractivity (Wildman–Crippen MR) is 88.4 cm³/mol. The van der Waals surface area contributed by atoms with Crippen LogP contribution >= 0.6 is 39.1 Å². The minimum Gasteiger partial charge on any atom is -0.396 e. The Labute approximate surface area is 134 Å². The molecule has 1 aromatic heterocycles. The molecule has 1 heterocycles. The topological polar surface area (TPSA) is 54.7 Å². The number of aromatic nitrogens is 2. The SMILES string of the molecule is Cc1cc(Br)cc2[nH]c(-c3cc(Cl)c(N)c(Cl)c3)nc12. The molecule has 0 saturated carbocycles. The van der Waals surface area contributed by atoms with Gasteiger partial charge in [0.25, 0.3) is 0 Å². The van der Waals surface area contributed by atoms with E-state index < -0.39 is 0 Å². The van der Waals surface area contributed by atoms with Crippen molar-refractivity contribution in [3.05, 3.63) is 44.3 Å². The summed E-state index contributed by atoms with van der Waals surface area (Å²) in [7, 11) is 0. The summed E-state index contributed by atoms with van der Waals surface area (Å²) in [6, 6.07) is 7.52. The van der Waals surface area contributed by atoms with Gasteiger partial charge < -0.3 is 10.7 Å². The third-order valence-corrected chi connectivity index (χ3v) is 4.18. The van der Waals surface area contributed by atoms with E-state index in [1.807, 2.05) is 19.1 Å². The van der Waals surface area contributed by atoms with Gasteiger partial charge in [-0.3, -0.25) is 0 Å². The number of nitrogen functional groups attached to an aromatic ring is 1. The van der Waals surface area contributed by atoms with Crippen LogP contribution in [-0.2, 0) is 0 Å². The lowest BCUT2D eigenvalue weighted by Crippen LogP contribution is -1.89. The van der Waals surface area contributed by atoms with Crippen LogP contribution in [0.2, 0.25) is 10.0 Å². The first-order chi connectivity index (χ1) is 9.45. The van der Waals surface area contributed by atoms with Crippen molar-refractivity contribution in [2.45, 2.75) is 6.92 Å². The molecule has 2 aromatic carbocycles. The number of hydrogen-bond acceptors (Lipinski definition) is 2. The van der Waals surface area contributed by atoms with E-state index >= 15 is 0 Å². The summed E-state index contributed by atoms with van der Waals surface area (Å²) in [5, 5.41) is 0.844. The fraction of sp³-hybridized carbons (Fsp3) is 0.0714. The highest BCUT2D eigenvalue weighted by atomic mass is 79.9. The summed E-state index contributed by atoms with van der Waals surface area (Å²) in [6.07, 6.45) is 0. The van der Waals surface area contributed by atoms with Crippen molar-refractivity contribution >= 4 is 55.9 Å². The van der Waals surface area contributed by atoms with Gasteiger partial charge in [-0.05, 0) is 36.8 Å². The number of halogens is 3. The number of fused-ring (bicyclic) bond motifs is 1. The summed E-state index contributed by atoms with van der Waals surface area (Å²) < 4.78 is 1.01. The monoisotopic (exact) mass is 369 g/mol. The third kappa shape index (κ3) is 2.28. The average molecular weight is 371 g/mol. The zero-order valence-electron chi connectivity index (χ0n) is 10.5. The van der Waals surface area contributed by atoms with Crippen molar-refractivity contribution in [3.63, 3.8) is 0 Å². The van der Waals surface area contributed by atoms with Crippen LogP contribution in [0.5, 0.6) is 0 Å². The van der Waals surface area contributed by atoms with Gasteiger partial charge >= 0.3 is 0 Å². The summed E-state index contributed by atoms with van der Waals surface area (Å²) in [4.78, 5) is 7.87. The number of rotatable bonds is 1. The molecule has 0 fully saturated rings. The second-order valence-electron chi connectivity index (χ2n) is 4.56. The molecule has 0 radical (unpaired) electrons. The van der Waals surface area contributed by atoms with Crippen molar-refractivity contribution in [2.75, 3.05) is 5.73 Å². The molecule has 0 aliphatic carbocycles. The molecule has 0 aliphatic heterocycles. The molecule has 0 atom stereocenters. The van der Waals surface area contributed by atoms with Gasteiger partial charge in [-0.2, -0.15) is 0 Å². The van der Waals surface area contributed by atoms with Crippen molar-refractivity contribution in [1.29, 1.82) is 0 Å². The molecule has 0 unspecified atom stereocenters. The Kier molecular flexibility index (Phi) is 3.40. The van der Waals surface area contributed by atoms with E-state index in [1.165, 1.54) is 0 Å². The van der Waals surface area contributed by atoms with Gasteiger partial charge in [-0.15, -0.1) is 0 Å². The molecular weight excluding hydrogens is 361 g/mol. The van der Waals surface area contributed by atoms with Gasteiger partial charge in [0.2, 0.25) is 0 Å². The highest BCUT2D eigenvalue weighted by Crippen LogP contribution is 2.33. The number of aromatic amines is 1. The Morgan fingerprint density at radius 2 is 1.80 bits per heavy atom. The third-order valence-electron chi connectivity index (χ3n) is 3.09. The number of anilines is 1. The van der Waals surface area contributed by atoms with Gasteiger partial charge in [-0.25, -0.2) is 4.98 Å². The molecule has 20 heavy (non-hydrogen) atoms. The summed E-state index contributed by atoms with van der Waals surface area (Å²) >= 11 is 15.6. The number of nitrogens with one attached hydrogen (secondary N) is 1. The Morgan fingerprint density at radius 1 is 1.15 bits per heavy atom. The van der Waals surface area contributed by atoms with E-state index in [0.29, 0.717) is 21.6 Å². The van der Waals surface area contributed by atoms with Crippen molar-refractivity contribution in [3.8, 4) is 11.4 Å². The molecule has 102 valence electrons. The molecule has 3 N–H and O–H groups in total. The van der Waals surface area contributed by atoms with Crippen LogP contribution in [0, 0.1) is 6.92 Å². The van der Waals surface area contributed by atoms with Crippen LogP contribution in [0.1, 0.15) is 5.56 Å². The maximum atomic E-state index is 6.07. The maximum Gasteiger partial charge on any atom is 0.138 e. The molecule has 0 aliphatic rings. The zero-order valence-corrected chi connectivity index (χ0v) is 13.6. The fourth-order valence-corrected chi connectivity index (χ4v) is 3.16. The summed E-state index contributed by atoms with van der Waals surface area (Å²) in [5.41, 5.74) is 9.90. The quantitative estimate of drug-likeness (QED) is 0.579. The lowest BCUT2D eigenvalue weighted by atomic mass is 10.2. The van der Waals surface area contributed by atoms with Gasteiger partial charge in [0.1, 0.15) is 5.82 Å². The van der Waals surface area contributed by atoms with Crippen LogP contribution in [0.15, 0.2) is 28.7 Å². The highest BCUT2D eigenvalue weighted by molar-refractivity contribution is 9.10. The smallest absolute Gasteiger partial charge is 0.138 e. The van der Waals surface area contributed by atoms with Crippen LogP contribution in [0.4, 0.5) is 5.69 Å². The van der Waals surface area contributed by atoms with E-state index in [1.54, 1.807) is 12.1 Å². The highest BCUT2D eigenvalue weighted by Gasteiger charge is 2.11. The van der Waals surface area contributed by atoms with Crippen LogP contribution in [0.25, 0.3) is 22.4 Å². The summed E-state index contributed by atoms with van der Waals surface area (Å²) in [6.45, 7) is 2.01. The standard InChI is InChI=1S/C14H10BrCl2N3/c1-6-2-8(15)5-11-13(6)20-14(19-11)7-3-9(16)12(18)10(17)4-7/h2-5H,18H2,1H3,(H,19,20). The normalized spacial score (nSPS) is 11.2. The van der Waals surface area contributed by atoms with E-state index in [4.69, 9.17) is 28.9 Å².